The van der Waals surface area contributed by atoms with Crippen LogP contribution in [-0.2, 0) is 29.6 Å². The van der Waals surface area contributed by atoms with Crippen LogP contribution in [0.2, 0.25) is 0 Å². The quantitative estimate of drug-likeness (QED) is 0.467. The van der Waals surface area contributed by atoms with Gasteiger partial charge in [-0.3, -0.25) is 4.18 Å². The Balaban J connectivity index is 2.46. The van der Waals surface area contributed by atoms with Gasteiger partial charge in [-0.05, 0) is 12.3 Å². The maximum absolute atomic E-state index is 10.5. The van der Waals surface area contributed by atoms with Crippen LogP contribution in [0.5, 0.6) is 0 Å². The molecule has 108 valence electrons. The Morgan fingerprint density at radius 2 is 1.94 bits per heavy atom. The van der Waals surface area contributed by atoms with E-state index in [-0.39, 0.29) is 18.9 Å². The standard InChI is InChI=1S/C7H15NO8S2/c1-5-2-6(3-16-18(12,13)14)15-4-7(5)8-17(9,10)11/h5-8H,2-4H2,1H3,(H,9,10,11)(H,12,13,14)/p-2. The molecule has 1 aliphatic heterocycles. The fourth-order valence-corrected chi connectivity index (χ4v) is 2.65. The zero-order chi connectivity index (χ0) is 14.0. The number of rotatable bonds is 5. The summed E-state index contributed by atoms with van der Waals surface area (Å²) in [6, 6.07) is -0.674. The molecule has 0 spiro atoms. The average molecular weight is 303 g/mol. The van der Waals surface area contributed by atoms with Gasteiger partial charge in [-0.25, -0.2) is 21.6 Å². The first-order valence-corrected chi connectivity index (χ1v) is 7.76. The van der Waals surface area contributed by atoms with Crippen LogP contribution in [0, 0.1) is 5.92 Å². The molecule has 1 N–H and O–H groups in total. The van der Waals surface area contributed by atoms with Gasteiger partial charge in [-0.15, -0.1) is 0 Å². The molecule has 1 saturated heterocycles. The van der Waals surface area contributed by atoms with E-state index in [1.165, 1.54) is 0 Å². The zero-order valence-electron chi connectivity index (χ0n) is 9.44. The summed E-state index contributed by atoms with van der Waals surface area (Å²) < 4.78 is 73.3. The van der Waals surface area contributed by atoms with Crippen molar-refractivity contribution in [3.05, 3.63) is 0 Å². The first-order chi connectivity index (χ1) is 8.07. The van der Waals surface area contributed by atoms with Gasteiger partial charge in [-0.1, -0.05) is 6.92 Å². The van der Waals surface area contributed by atoms with Crippen molar-refractivity contribution in [2.24, 2.45) is 5.92 Å². The van der Waals surface area contributed by atoms with Crippen LogP contribution in [0.4, 0.5) is 0 Å². The molecule has 0 saturated carbocycles. The monoisotopic (exact) mass is 303 g/mol. The third-order valence-corrected chi connectivity index (χ3v) is 3.54. The smallest absolute Gasteiger partial charge is 0.217 e. The molecule has 0 aromatic carbocycles. The van der Waals surface area contributed by atoms with Crippen molar-refractivity contribution in [3.8, 4) is 0 Å². The van der Waals surface area contributed by atoms with E-state index >= 15 is 0 Å². The van der Waals surface area contributed by atoms with Crippen LogP contribution in [0.3, 0.4) is 0 Å². The van der Waals surface area contributed by atoms with Crippen LogP contribution < -0.4 is 4.72 Å². The molecule has 1 fully saturated rings. The molecule has 3 atom stereocenters. The van der Waals surface area contributed by atoms with Gasteiger partial charge in [0.25, 0.3) is 0 Å². The third kappa shape index (κ3) is 6.04. The molecule has 18 heavy (non-hydrogen) atoms. The van der Waals surface area contributed by atoms with E-state index in [0.717, 1.165) is 0 Å². The SMILES string of the molecule is CC1CC(COS(=O)(=O)[O-])OCC1NS(=O)(=O)[O-]. The van der Waals surface area contributed by atoms with Crippen LogP contribution in [0.25, 0.3) is 0 Å². The second-order valence-electron chi connectivity index (χ2n) is 4.04. The van der Waals surface area contributed by atoms with E-state index in [9.17, 15) is 25.9 Å². The van der Waals surface area contributed by atoms with E-state index in [4.69, 9.17) is 4.74 Å². The maximum atomic E-state index is 10.5. The molecule has 0 radical (unpaired) electrons. The lowest BCUT2D eigenvalue weighted by molar-refractivity contribution is -0.0433. The van der Waals surface area contributed by atoms with Crippen LogP contribution >= 0.6 is 0 Å². The van der Waals surface area contributed by atoms with E-state index in [1.54, 1.807) is 6.92 Å². The Kier molecular flexibility index (Phi) is 5.05. The summed E-state index contributed by atoms with van der Waals surface area (Å²) in [5.74, 6) is -0.245. The van der Waals surface area contributed by atoms with E-state index in [1.807, 2.05) is 4.72 Å². The van der Waals surface area contributed by atoms with Crippen molar-refractivity contribution in [2.45, 2.75) is 25.5 Å². The Hall–Kier alpha value is -0.300. The molecule has 0 aromatic heterocycles. The molecule has 0 amide bonds. The van der Waals surface area contributed by atoms with Crippen LogP contribution in [0.1, 0.15) is 13.3 Å². The predicted octanol–water partition coefficient (Wildman–Crippen LogP) is -1.69. The molecule has 11 heteroatoms. The average Bonchev–Trinajstić information content (AvgIpc) is 2.15. The second-order valence-corrected chi connectivity index (χ2v) is 6.24. The summed E-state index contributed by atoms with van der Waals surface area (Å²) in [5, 5.41) is 0. The van der Waals surface area contributed by atoms with Gasteiger partial charge in [0.1, 0.15) is 0 Å². The number of hydrogen-bond acceptors (Lipinski definition) is 8. The summed E-state index contributed by atoms with van der Waals surface area (Å²) in [5.41, 5.74) is 0. The number of ether oxygens (including phenoxy) is 1. The second kappa shape index (κ2) is 5.77. The molecule has 1 rings (SSSR count). The topological polar surface area (TPSA) is 145 Å². The summed E-state index contributed by atoms with van der Waals surface area (Å²) in [4.78, 5) is 0. The van der Waals surface area contributed by atoms with Crippen molar-refractivity contribution < 1.29 is 34.9 Å². The van der Waals surface area contributed by atoms with E-state index in [0.29, 0.717) is 0 Å². The minimum absolute atomic E-state index is 0.0877. The molecule has 0 aliphatic carbocycles. The maximum Gasteiger partial charge on any atom is 0.217 e. The highest BCUT2D eigenvalue weighted by Crippen LogP contribution is 2.21. The zero-order valence-corrected chi connectivity index (χ0v) is 11.1. The van der Waals surface area contributed by atoms with Gasteiger partial charge in [0, 0.05) is 6.04 Å². The van der Waals surface area contributed by atoms with Crippen molar-refractivity contribution in [1.82, 2.24) is 4.72 Å². The van der Waals surface area contributed by atoms with Crippen LogP contribution in [-0.4, -0.2) is 51.3 Å². The summed E-state index contributed by atoms with van der Waals surface area (Å²) in [6.45, 7) is 1.16. The Bertz CT molecular complexity index is 472. The highest BCUT2D eigenvalue weighted by Gasteiger charge is 2.29. The minimum Gasteiger partial charge on any atom is -0.735 e. The molecule has 1 heterocycles. The Morgan fingerprint density at radius 3 is 2.39 bits per heavy atom. The molecule has 1 aliphatic rings. The highest BCUT2D eigenvalue weighted by atomic mass is 32.3. The fourth-order valence-electron chi connectivity index (χ4n) is 1.66. The van der Waals surface area contributed by atoms with E-state index < -0.39 is 39.5 Å². The molecule has 0 bridgehead atoms. The largest absolute Gasteiger partial charge is 0.735 e. The summed E-state index contributed by atoms with van der Waals surface area (Å²) in [6.07, 6.45) is -0.362. The molecule has 0 aromatic rings. The van der Waals surface area contributed by atoms with Crippen LogP contribution in [0.15, 0.2) is 0 Å². The van der Waals surface area contributed by atoms with Gasteiger partial charge in [0.05, 0.1) is 19.3 Å². The van der Waals surface area contributed by atoms with Gasteiger partial charge in [0.2, 0.25) is 10.4 Å². The number of nitrogens with one attached hydrogen (secondary N) is 1. The lowest BCUT2D eigenvalue weighted by Crippen LogP contribution is -2.48. The highest BCUT2D eigenvalue weighted by molar-refractivity contribution is 7.83. The van der Waals surface area contributed by atoms with Crippen molar-refractivity contribution in [1.29, 1.82) is 0 Å². The third-order valence-electron chi connectivity index (χ3n) is 2.53. The lowest BCUT2D eigenvalue weighted by Gasteiger charge is -2.35. The Morgan fingerprint density at radius 1 is 1.33 bits per heavy atom. The van der Waals surface area contributed by atoms with Gasteiger partial charge in [-0.2, -0.15) is 0 Å². The first-order valence-electron chi connectivity index (χ1n) is 5.02. The molecule has 9 nitrogen and oxygen atoms in total. The Labute approximate surface area is 105 Å². The first kappa shape index (κ1) is 15.8. The van der Waals surface area contributed by atoms with Gasteiger partial charge in [0.15, 0.2) is 10.3 Å². The van der Waals surface area contributed by atoms with Gasteiger partial charge >= 0.3 is 0 Å². The predicted molar refractivity (Wildman–Crippen MR) is 55.8 cm³/mol. The summed E-state index contributed by atoms with van der Waals surface area (Å²) >= 11 is 0. The molecular formula is C7H13NO8S2-2. The normalized spacial score (nSPS) is 30.3. The van der Waals surface area contributed by atoms with Crippen molar-refractivity contribution in [2.75, 3.05) is 13.2 Å². The van der Waals surface area contributed by atoms with Crippen molar-refractivity contribution >= 4 is 20.7 Å². The van der Waals surface area contributed by atoms with Gasteiger partial charge < -0.3 is 13.8 Å². The van der Waals surface area contributed by atoms with E-state index in [2.05, 4.69) is 4.18 Å². The fraction of sp³-hybridized carbons (Fsp3) is 1.00. The molecule has 3 unspecified atom stereocenters. The minimum atomic E-state index is -4.77. The number of hydrogen-bond donors (Lipinski definition) is 1. The van der Waals surface area contributed by atoms with Crippen molar-refractivity contribution in [3.63, 3.8) is 0 Å². The lowest BCUT2D eigenvalue weighted by atomic mass is 9.94. The molecular weight excluding hydrogens is 290 g/mol. The summed E-state index contributed by atoms with van der Waals surface area (Å²) in [7, 11) is -9.34.